The third kappa shape index (κ3) is 3.08. The van der Waals surface area contributed by atoms with Gasteiger partial charge < -0.3 is 9.64 Å². The van der Waals surface area contributed by atoms with Gasteiger partial charge in [0.2, 0.25) is 0 Å². The van der Waals surface area contributed by atoms with E-state index in [1.54, 1.807) is 18.2 Å². The molecule has 4 nitrogen and oxygen atoms in total. The van der Waals surface area contributed by atoms with Crippen LogP contribution in [0.2, 0.25) is 10.0 Å². The molecule has 6 heteroatoms. The average molecular weight is 368 g/mol. The number of methoxy groups -OCH3 is 1. The summed E-state index contributed by atoms with van der Waals surface area (Å²) >= 11 is 12.1. The van der Waals surface area contributed by atoms with Gasteiger partial charge in [0.15, 0.2) is 5.78 Å². The van der Waals surface area contributed by atoms with Gasteiger partial charge in [0, 0.05) is 29.9 Å². The Kier molecular flexibility index (Phi) is 5.41. The lowest BCUT2D eigenvalue weighted by Crippen LogP contribution is -2.32. The lowest BCUT2D eigenvalue weighted by Gasteiger charge is -2.35. The van der Waals surface area contributed by atoms with E-state index in [0.717, 1.165) is 17.0 Å². The number of hydrogen-bond donors (Lipinski definition) is 0. The quantitative estimate of drug-likeness (QED) is 0.745. The first kappa shape index (κ1) is 18.6. The van der Waals surface area contributed by atoms with Crippen LogP contribution < -0.4 is 0 Å². The molecule has 0 saturated carbocycles. The molecular formula is C18H19Cl2NO3. The molecule has 0 aliphatic carbocycles. The van der Waals surface area contributed by atoms with E-state index in [1.807, 2.05) is 25.8 Å². The van der Waals surface area contributed by atoms with E-state index in [2.05, 4.69) is 0 Å². The molecule has 1 aliphatic heterocycles. The number of allylic oxidation sites excluding steroid dienone is 3. The minimum atomic E-state index is -0.541. The van der Waals surface area contributed by atoms with E-state index in [9.17, 15) is 9.59 Å². The smallest absolute Gasteiger partial charge is 0.336 e. The fourth-order valence-electron chi connectivity index (χ4n) is 3.03. The minimum absolute atomic E-state index is 0.107. The minimum Gasteiger partial charge on any atom is -0.466 e. The van der Waals surface area contributed by atoms with Crippen LogP contribution in [0.4, 0.5) is 0 Å². The maximum atomic E-state index is 12.4. The van der Waals surface area contributed by atoms with Gasteiger partial charge in [-0.25, -0.2) is 4.79 Å². The standard InChI is InChI=1S/C18H19Cl2NO3/c1-9-15(11(3)22)17(12-6-7-13(19)14(20)8-12)16(18(23)24-5)10(2)21(9)4/h6-8,17H,1-5H3. The van der Waals surface area contributed by atoms with Gasteiger partial charge in [-0.05, 0) is 38.5 Å². The maximum Gasteiger partial charge on any atom is 0.336 e. The maximum absolute atomic E-state index is 12.4. The van der Waals surface area contributed by atoms with Gasteiger partial charge in [-0.2, -0.15) is 0 Å². The molecule has 1 heterocycles. The number of Topliss-reactive ketones (excluding diaryl/α,β-unsaturated/α-hetero) is 1. The zero-order chi connectivity index (χ0) is 18.2. The van der Waals surface area contributed by atoms with E-state index < -0.39 is 11.9 Å². The third-order valence-corrected chi connectivity index (χ3v) is 5.16. The first-order chi connectivity index (χ1) is 11.2. The van der Waals surface area contributed by atoms with Gasteiger partial charge in [-0.3, -0.25) is 4.79 Å². The first-order valence-electron chi connectivity index (χ1n) is 7.40. The zero-order valence-corrected chi connectivity index (χ0v) is 15.7. The Hall–Kier alpha value is -1.78. The second kappa shape index (κ2) is 6.99. The largest absolute Gasteiger partial charge is 0.466 e. The van der Waals surface area contributed by atoms with Gasteiger partial charge in [-0.15, -0.1) is 0 Å². The fraction of sp³-hybridized carbons (Fsp3) is 0.333. The monoisotopic (exact) mass is 367 g/mol. The summed E-state index contributed by atoms with van der Waals surface area (Å²) < 4.78 is 4.96. The van der Waals surface area contributed by atoms with Crippen molar-refractivity contribution in [1.29, 1.82) is 0 Å². The van der Waals surface area contributed by atoms with Crippen molar-refractivity contribution < 1.29 is 14.3 Å². The summed E-state index contributed by atoms with van der Waals surface area (Å²) in [4.78, 5) is 26.6. The molecule has 128 valence electrons. The molecule has 1 atom stereocenters. The number of carbonyl (C=O) groups is 2. The molecule has 0 radical (unpaired) electrons. The second-order valence-electron chi connectivity index (χ2n) is 5.71. The summed E-state index contributed by atoms with van der Waals surface area (Å²) in [5.74, 6) is -1.12. The summed E-state index contributed by atoms with van der Waals surface area (Å²) in [6.07, 6.45) is 0. The summed E-state index contributed by atoms with van der Waals surface area (Å²) in [5.41, 5.74) is 3.22. The van der Waals surface area contributed by atoms with Crippen LogP contribution in [0.1, 0.15) is 32.3 Å². The van der Waals surface area contributed by atoms with Crippen LogP contribution in [0.5, 0.6) is 0 Å². The molecule has 0 bridgehead atoms. The average Bonchev–Trinajstić information content (AvgIpc) is 2.53. The number of benzene rings is 1. The van der Waals surface area contributed by atoms with Crippen LogP contribution in [0.3, 0.4) is 0 Å². The molecule has 2 rings (SSSR count). The Morgan fingerprint density at radius 3 is 2.17 bits per heavy atom. The highest BCUT2D eigenvalue weighted by molar-refractivity contribution is 6.42. The second-order valence-corrected chi connectivity index (χ2v) is 6.53. The Morgan fingerprint density at radius 1 is 1.08 bits per heavy atom. The van der Waals surface area contributed by atoms with Crippen LogP contribution in [0.25, 0.3) is 0 Å². The van der Waals surface area contributed by atoms with Crippen molar-refractivity contribution in [3.63, 3.8) is 0 Å². The molecule has 1 aromatic rings. The molecule has 0 amide bonds. The van der Waals surface area contributed by atoms with Crippen LogP contribution in [0.15, 0.2) is 40.7 Å². The zero-order valence-electron chi connectivity index (χ0n) is 14.2. The van der Waals surface area contributed by atoms with Crippen molar-refractivity contribution in [1.82, 2.24) is 4.90 Å². The topological polar surface area (TPSA) is 46.6 Å². The number of hydrogen-bond acceptors (Lipinski definition) is 4. The van der Waals surface area contributed by atoms with E-state index in [1.165, 1.54) is 14.0 Å². The van der Waals surface area contributed by atoms with Crippen LogP contribution in [-0.4, -0.2) is 30.8 Å². The van der Waals surface area contributed by atoms with E-state index >= 15 is 0 Å². The number of rotatable bonds is 3. The van der Waals surface area contributed by atoms with Crippen molar-refractivity contribution in [3.8, 4) is 0 Å². The Labute approximate surface area is 151 Å². The summed E-state index contributed by atoms with van der Waals surface area (Å²) in [6.45, 7) is 5.18. The summed E-state index contributed by atoms with van der Waals surface area (Å²) in [5, 5.41) is 0.786. The molecule has 0 fully saturated rings. The highest BCUT2D eigenvalue weighted by Gasteiger charge is 2.37. The van der Waals surface area contributed by atoms with Gasteiger partial charge in [0.1, 0.15) is 0 Å². The van der Waals surface area contributed by atoms with Crippen molar-refractivity contribution in [2.75, 3.05) is 14.2 Å². The number of carbonyl (C=O) groups excluding carboxylic acids is 2. The first-order valence-corrected chi connectivity index (χ1v) is 8.15. The highest BCUT2D eigenvalue weighted by atomic mass is 35.5. The third-order valence-electron chi connectivity index (χ3n) is 4.42. The predicted octanol–water partition coefficient (Wildman–Crippen LogP) is 4.33. The molecule has 1 unspecified atom stereocenters. The molecular weight excluding hydrogens is 349 g/mol. The van der Waals surface area contributed by atoms with E-state index in [0.29, 0.717) is 21.2 Å². The predicted molar refractivity (Wildman–Crippen MR) is 95.1 cm³/mol. The van der Waals surface area contributed by atoms with Crippen molar-refractivity contribution >= 4 is 35.0 Å². The van der Waals surface area contributed by atoms with Crippen molar-refractivity contribution in [2.24, 2.45) is 0 Å². The summed E-state index contributed by atoms with van der Waals surface area (Å²) in [6, 6.07) is 5.12. The molecule has 0 aromatic heterocycles. The lowest BCUT2D eigenvalue weighted by atomic mass is 9.78. The van der Waals surface area contributed by atoms with Crippen LogP contribution >= 0.6 is 23.2 Å². The van der Waals surface area contributed by atoms with Crippen LogP contribution in [-0.2, 0) is 14.3 Å². The van der Waals surface area contributed by atoms with Crippen molar-refractivity contribution in [3.05, 3.63) is 56.3 Å². The molecule has 24 heavy (non-hydrogen) atoms. The number of halogens is 2. The van der Waals surface area contributed by atoms with Gasteiger partial charge >= 0.3 is 5.97 Å². The fourth-order valence-corrected chi connectivity index (χ4v) is 3.34. The molecule has 1 aliphatic rings. The molecule has 0 spiro atoms. The SMILES string of the molecule is COC(=O)C1=C(C)N(C)C(C)=C(C(C)=O)C1c1ccc(Cl)c(Cl)c1. The Bertz CT molecular complexity index is 780. The molecule has 0 N–H and O–H groups in total. The number of nitrogens with zero attached hydrogens (tertiary/aromatic N) is 1. The summed E-state index contributed by atoms with van der Waals surface area (Å²) in [7, 11) is 3.15. The van der Waals surface area contributed by atoms with E-state index in [-0.39, 0.29) is 5.78 Å². The van der Waals surface area contributed by atoms with Gasteiger partial charge in [-0.1, -0.05) is 29.3 Å². The number of ketones is 1. The van der Waals surface area contributed by atoms with Gasteiger partial charge in [0.05, 0.1) is 22.7 Å². The molecule has 1 aromatic carbocycles. The number of esters is 1. The number of ether oxygens (including phenoxy) is 1. The van der Waals surface area contributed by atoms with Crippen LogP contribution in [0, 0.1) is 0 Å². The van der Waals surface area contributed by atoms with Gasteiger partial charge in [0.25, 0.3) is 0 Å². The lowest BCUT2D eigenvalue weighted by molar-refractivity contribution is -0.136. The Balaban J connectivity index is 2.78. The normalized spacial score (nSPS) is 18.1. The van der Waals surface area contributed by atoms with E-state index in [4.69, 9.17) is 27.9 Å². The highest BCUT2D eigenvalue weighted by Crippen LogP contribution is 2.43. The Morgan fingerprint density at radius 2 is 1.67 bits per heavy atom. The van der Waals surface area contributed by atoms with Crippen molar-refractivity contribution in [2.45, 2.75) is 26.7 Å². The molecule has 0 saturated heterocycles.